The van der Waals surface area contributed by atoms with Gasteiger partial charge in [-0.25, -0.2) is 0 Å². The number of benzene rings is 1. The second-order valence-corrected chi connectivity index (χ2v) is 5.28. The monoisotopic (exact) mass is 299 g/mol. The Kier molecular flexibility index (Phi) is 4.77. The van der Waals surface area contributed by atoms with E-state index >= 15 is 0 Å². The van der Waals surface area contributed by atoms with Crippen LogP contribution in [0.4, 0.5) is 0 Å². The van der Waals surface area contributed by atoms with Crippen LogP contribution in [-0.4, -0.2) is 18.6 Å². The van der Waals surface area contributed by atoms with Gasteiger partial charge in [0.15, 0.2) is 0 Å². The standard InChI is InChI=1S/C18H21NO3/c1-5-18(6-2,7-3)19-17(20)10-13-12-22-16-9-8-14(21-4)11-15(13)16/h1,8-9,11-12H,6-7,10H2,2-4H3,(H,19,20). The number of furan rings is 1. The fraction of sp³-hybridized carbons (Fsp3) is 0.389. The van der Waals surface area contributed by atoms with Gasteiger partial charge in [0.05, 0.1) is 19.8 Å². The van der Waals surface area contributed by atoms with Gasteiger partial charge in [0, 0.05) is 10.9 Å². The predicted molar refractivity (Wildman–Crippen MR) is 86.8 cm³/mol. The summed E-state index contributed by atoms with van der Waals surface area (Å²) in [5, 5.41) is 3.85. The van der Waals surface area contributed by atoms with E-state index in [1.807, 2.05) is 32.0 Å². The minimum Gasteiger partial charge on any atom is -0.497 e. The second-order valence-electron chi connectivity index (χ2n) is 5.28. The molecule has 1 amide bonds. The number of terminal acetylenes is 1. The molecule has 4 heteroatoms. The summed E-state index contributed by atoms with van der Waals surface area (Å²) >= 11 is 0. The van der Waals surface area contributed by atoms with Crippen LogP contribution in [0.25, 0.3) is 11.0 Å². The molecular weight excluding hydrogens is 278 g/mol. The molecular formula is C18H21NO3. The van der Waals surface area contributed by atoms with Crippen LogP contribution in [0.3, 0.4) is 0 Å². The van der Waals surface area contributed by atoms with Crippen LogP contribution in [0.2, 0.25) is 0 Å². The van der Waals surface area contributed by atoms with Gasteiger partial charge < -0.3 is 14.5 Å². The van der Waals surface area contributed by atoms with Gasteiger partial charge in [0.25, 0.3) is 0 Å². The minimum absolute atomic E-state index is 0.104. The molecule has 0 saturated carbocycles. The van der Waals surface area contributed by atoms with Gasteiger partial charge in [-0.05, 0) is 31.0 Å². The third kappa shape index (κ3) is 3.09. The van der Waals surface area contributed by atoms with Gasteiger partial charge in [-0.3, -0.25) is 4.79 Å². The molecule has 0 spiro atoms. The van der Waals surface area contributed by atoms with Crippen LogP contribution >= 0.6 is 0 Å². The first-order valence-corrected chi connectivity index (χ1v) is 7.40. The van der Waals surface area contributed by atoms with Crippen molar-refractivity contribution in [3.8, 4) is 18.1 Å². The average molecular weight is 299 g/mol. The summed E-state index contributed by atoms with van der Waals surface area (Å²) < 4.78 is 10.7. The number of amides is 1. The molecule has 2 rings (SSSR count). The third-order valence-corrected chi connectivity index (χ3v) is 4.07. The Hall–Kier alpha value is -2.41. The maximum atomic E-state index is 12.3. The number of rotatable bonds is 6. The molecule has 2 aromatic rings. The first kappa shape index (κ1) is 16.0. The summed E-state index contributed by atoms with van der Waals surface area (Å²) in [5.41, 5.74) is 0.983. The molecule has 0 unspecified atom stereocenters. The Morgan fingerprint density at radius 3 is 2.73 bits per heavy atom. The number of methoxy groups -OCH3 is 1. The fourth-order valence-corrected chi connectivity index (χ4v) is 2.48. The van der Waals surface area contributed by atoms with E-state index in [1.54, 1.807) is 13.4 Å². The van der Waals surface area contributed by atoms with Crippen molar-refractivity contribution in [1.29, 1.82) is 0 Å². The first-order valence-electron chi connectivity index (χ1n) is 7.40. The lowest BCUT2D eigenvalue weighted by atomic mass is 9.93. The molecule has 0 aliphatic heterocycles. The summed E-state index contributed by atoms with van der Waals surface area (Å²) in [5.74, 6) is 3.33. The molecule has 0 atom stereocenters. The summed E-state index contributed by atoms with van der Waals surface area (Å²) in [6.45, 7) is 3.95. The molecule has 1 heterocycles. The second kappa shape index (κ2) is 6.57. The smallest absolute Gasteiger partial charge is 0.225 e. The van der Waals surface area contributed by atoms with Crippen LogP contribution in [0.15, 0.2) is 28.9 Å². The van der Waals surface area contributed by atoms with Crippen molar-refractivity contribution < 1.29 is 13.9 Å². The molecule has 0 radical (unpaired) electrons. The van der Waals surface area contributed by atoms with Crippen LogP contribution in [0.5, 0.6) is 5.75 Å². The van der Waals surface area contributed by atoms with Crippen molar-refractivity contribution in [3.05, 3.63) is 30.0 Å². The largest absolute Gasteiger partial charge is 0.497 e. The summed E-state index contributed by atoms with van der Waals surface area (Å²) in [6, 6.07) is 5.53. The van der Waals surface area contributed by atoms with E-state index in [4.69, 9.17) is 15.6 Å². The van der Waals surface area contributed by atoms with Gasteiger partial charge in [-0.2, -0.15) is 0 Å². The highest BCUT2D eigenvalue weighted by Gasteiger charge is 2.25. The van der Waals surface area contributed by atoms with Gasteiger partial charge >= 0.3 is 0 Å². The van der Waals surface area contributed by atoms with Crippen LogP contribution in [0, 0.1) is 12.3 Å². The molecule has 1 aromatic carbocycles. The predicted octanol–water partition coefficient (Wildman–Crippen LogP) is 3.29. The number of nitrogens with one attached hydrogen (secondary N) is 1. The van der Waals surface area contributed by atoms with Crippen molar-refractivity contribution >= 4 is 16.9 Å². The number of fused-ring (bicyclic) bond motifs is 1. The molecule has 0 bridgehead atoms. The quantitative estimate of drug-likeness (QED) is 0.833. The number of hydrogen-bond acceptors (Lipinski definition) is 3. The van der Waals surface area contributed by atoms with Gasteiger partial charge in [0.2, 0.25) is 5.91 Å². The van der Waals surface area contributed by atoms with Crippen molar-refractivity contribution in [2.75, 3.05) is 7.11 Å². The Morgan fingerprint density at radius 2 is 2.14 bits per heavy atom. The maximum Gasteiger partial charge on any atom is 0.225 e. The van der Waals surface area contributed by atoms with E-state index < -0.39 is 5.54 Å². The van der Waals surface area contributed by atoms with Crippen LogP contribution < -0.4 is 10.1 Å². The molecule has 1 N–H and O–H groups in total. The van der Waals surface area contributed by atoms with E-state index in [0.717, 1.165) is 22.3 Å². The van der Waals surface area contributed by atoms with Crippen molar-refractivity contribution in [2.45, 2.75) is 38.6 Å². The Bertz CT molecular complexity index is 705. The Labute approximate surface area is 130 Å². The average Bonchev–Trinajstić information content (AvgIpc) is 2.94. The fourth-order valence-electron chi connectivity index (χ4n) is 2.48. The molecule has 4 nitrogen and oxygen atoms in total. The lowest BCUT2D eigenvalue weighted by molar-refractivity contribution is -0.121. The van der Waals surface area contributed by atoms with Gasteiger partial charge in [-0.15, -0.1) is 6.42 Å². The highest BCUT2D eigenvalue weighted by atomic mass is 16.5. The van der Waals surface area contributed by atoms with Crippen LogP contribution in [-0.2, 0) is 11.2 Å². The molecule has 0 fully saturated rings. The molecule has 1 aromatic heterocycles. The number of ether oxygens (including phenoxy) is 1. The third-order valence-electron chi connectivity index (χ3n) is 4.07. The van der Waals surface area contributed by atoms with E-state index in [2.05, 4.69) is 11.2 Å². The van der Waals surface area contributed by atoms with E-state index in [0.29, 0.717) is 12.8 Å². The molecule has 0 aliphatic carbocycles. The Morgan fingerprint density at radius 1 is 1.41 bits per heavy atom. The first-order chi connectivity index (χ1) is 10.6. The van der Waals surface area contributed by atoms with E-state index in [1.165, 1.54) is 0 Å². The van der Waals surface area contributed by atoms with E-state index in [9.17, 15) is 4.79 Å². The molecule has 0 saturated heterocycles. The zero-order chi connectivity index (χ0) is 16.2. The minimum atomic E-state index is -0.575. The Balaban J connectivity index is 2.20. The maximum absolute atomic E-state index is 12.3. The summed E-state index contributed by atoms with van der Waals surface area (Å²) in [7, 11) is 1.61. The van der Waals surface area contributed by atoms with Gasteiger partial charge in [0.1, 0.15) is 16.9 Å². The lowest BCUT2D eigenvalue weighted by Crippen LogP contribution is -2.47. The van der Waals surface area contributed by atoms with Crippen LogP contribution in [0.1, 0.15) is 32.3 Å². The molecule has 0 aliphatic rings. The topological polar surface area (TPSA) is 51.5 Å². The van der Waals surface area contributed by atoms with E-state index in [-0.39, 0.29) is 12.3 Å². The zero-order valence-corrected chi connectivity index (χ0v) is 13.2. The zero-order valence-electron chi connectivity index (χ0n) is 13.2. The van der Waals surface area contributed by atoms with Crippen molar-refractivity contribution in [2.24, 2.45) is 0 Å². The SMILES string of the molecule is C#CC(CC)(CC)NC(=O)Cc1coc2ccc(OC)cc12. The number of carbonyl (C=O) groups is 1. The lowest BCUT2D eigenvalue weighted by Gasteiger charge is -2.26. The van der Waals surface area contributed by atoms with Gasteiger partial charge in [-0.1, -0.05) is 19.8 Å². The number of hydrogen-bond donors (Lipinski definition) is 1. The summed E-state index contributed by atoms with van der Waals surface area (Å²) in [4.78, 5) is 12.3. The molecule has 22 heavy (non-hydrogen) atoms. The normalized spacial score (nSPS) is 11.2. The highest BCUT2D eigenvalue weighted by molar-refractivity contribution is 5.88. The molecule has 116 valence electrons. The highest BCUT2D eigenvalue weighted by Crippen LogP contribution is 2.26. The number of carbonyl (C=O) groups excluding carboxylic acids is 1. The van der Waals surface area contributed by atoms with Crippen molar-refractivity contribution in [1.82, 2.24) is 5.32 Å². The van der Waals surface area contributed by atoms with Crippen molar-refractivity contribution in [3.63, 3.8) is 0 Å². The summed E-state index contributed by atoms with van der Waals surface area (Å²) in [6.07, 6.45) is 8.82.